The Hall–Kier alpha value is -2.57. The first kappa shape index (κ1) is 23.7. The Morgan fingerprint density at radius 3 is 2.07 bits per heavy atom. The van der Waals surface area contributed by atoms with E-state index in [-0.39, 0.29) is 24.4 Å². The fourth-order valence-corrected chi connectivity index (χ4v) is 3.11. The summed E-state index contributed by atoms with van der Waals surface area (Å²) in [6.45, 7) is 5.83. The minimum Gasteiger partial charge on any atom is -0.343 e. The average Bonchev–Trinajstić information content (AvgIpc) is 2.68. The van der Waals surface area contributed by atoms with Crippen molar-refractivity contribution in [1.82, 2.24) is 10.2 Å². The Morgan fingerprint density at radius 2 is 1.53 bits per heavy atom. The summed E-state index contributed by atoms with van der Waals surface area (Å²) < 4.78 is 0. The number of likely N-dealkylation sites (N-methyl/N-ethyl adjacent to an activating group) is 1. The van der Waals surface area contributed by atoms with Gasteiger partial charge >= 0.3 is 0 Å². The van der Waals surface area contributed by atoms with Gasteiger partial charge in [-0.05, 0) is 35.2 Å². The van der Waals surface area contributed by atoms with Crippen LogP contribution >= 0.6 is 23.2 Å². The Kier molecular flexibility index (Phi) is 7.87. The number of amides is 3. The number of rotatable bonds is 6. The molecular formula is C22H25Cl2N3O3. The highest BCUT2D eigenvalue weighted by molar-refractivity contribution is 6.39. The lowest BCUT2D eigenvalue weighted by Crippen LogP contribution is -2.41. The highest BCUT2D eigenvalue weighted by Crippen LogP contribution is 2.29. The summed E-state index contributed by atoms with van der Waals surface area (Å²) in [6.07, 6.45) is 0. The fourth-order valence-electron chi connectivity index (χ4n) is 2.61. The molecular weight excluding hydrogens is 425 g/mol. The van der Waals surface area contributed by atoms with E-state index >= 15 is 0 Å². The van der Waals surface area contributed by atoms with Crippen LogP contribution in [0.25, 0.3) is 0 Å². The number of carbonyl (C=O) groups excluding carboxylic acids is 3. The van der Waals surface area contributed by atoms with Crippen molar-refractivity contribution in [2.24, 2.45) is 0 Å². The molecule has 0 radical (unpaired) electrons. The van der Waals surface area contributed by atoms with Crippen molar-refractivity contribution in [2.45, 2.75) is 26.2 Å². The van der Waals surface area contributed by atoms with Crippen molar-refractivity contribution in [3.8, 4) is 0 Å². The van der Waals surface area contributed by atoms with Crippen molar-refractivity contribution < 1.29 is 14.4 Å². The highest BCUT2D eigenvalue weighted by Gasteiger charge is 2.17. The van der Waals surface area contributed by atoms with Gasteiger partial charge in [0.2, 0.25) is 11.8 Å². The van der Waals surface area contributed by atoms with Crippen LogP contribution in [0.5, 0.6) is 0 Å². The number of hydrogen-bond acceptors (Lipinski definition) is 3. The first-order valence-corrected chi connectivity index (χ1v) is 10.1. The molecule has 0 aromatic heterocycles. The third-order valence-electron chi connectivity index (χ3n) is 4.45. The Morgan fingerprint density at radius 1 is 0.967 bits per heavy atom. The zero-order valence-corrected chi connectivity index (χ0v) is 18.9. The molecule has 0 bridgehead atoms. The second-order valence-electron chi connectivity index (χ2n) is 7.90. The first-order chi connectivity index (χ1) is 14.0. The number of nitrogens with one attached hydrogen (secondary N) is 2. The summed E-state index contributed by atoms with van der Waals surface area (Å²) in [5, 5.41) is 5.76. The Labute approximate surface area is 186 Å². The van der Waals surface area contributed by atoms with Gasteiger partial charge in [0, 0.05) is 12.6 Å². The fraction of sp³-hybridized carbons (Fsp3) is 0.318. The van der Waals surface area contributed by atoms with Crippen LogP contribution in [0, 0.1) is 0 Å². The molecule has 30 heavy (non-hydrogen) atoms. The van der Waals surface area contributed by atoms with E-state index in [0.717, 1.165) is 5.56 Å². The molecule has 0 aliphatic carbocycles. The maximum Gasteiger partial charge on any atom is 0.251 e. The summed E-state index contributed by atoms with van der Waals surface area (Å²) in [5.41, 5.74) is 1.85. The van der Waals surface area contributed by atoms with Crippen LogP contribution in [0.15, 0.2) is 42.5 Å². The number of halogens is 2. The molecule has 0 heterocycles. The molecule has 2 rings (SSSR count). The lowest BCUT2D eigenvalue weighted by Gasteiger charge is -2.19. The maximum atomic E-state index is 12.3. The average molecular weight is 450 g/mol. The van der Waals surface area contributed by atoms with Crippen LogP contribution in [0.1, 0.15) is 36.7 Å². The van der Waals surface area contributed by atoms with E-state index in [9.17, 15) is 14.4 Å². The molecule has 0 aliphatic rings. The molecule has 2 aromatic carbocycles. The smallest absolute Gasteiger partial charge is 0.251 e. The van der Waals surface area contributed by atoms with E-state index in [1.54, 1.807) is 30.3 Å². The lowest BCUT2D eigenvalue weighted by atomic mass is 9.87. The third kappa shape index (κ3) is 6.47. The van der Waals surface area contributed by atoms with Gasteiger partial charge in [0.25, 0.3) is 5.91 Å². The molecule has 0 spiro atoms. The lowest BCUT2D eigenvalue weighted by molar-refractivity contribution is -0.132. The van der Waals surface area contributed by atoms with Gasteiger partial charge in [-0.15, -0.1) is 0 Å². The van der Waals surface area contributed by atoms with Gasteiger partial charge in [-0.2, -0.15) is 0 Å². The second-order valence-corrected chi connectivity index (χ2v) is 8.72. The van der Waals surface area contributed by atoms with Gasteiger partial charge < -0.3 is 15.5 Å². The van der Waals surface area contributed by atoms with Crippen molar-refractivity contribution in [3.63, 3.8) is 0 Å². The van der Waals surface area contributed by atoms with Crippen LogP contribution in [-0.2, 0) is 15.0 Å². The Bertz CT molecular complexity index is 917. The number of nitrogens with zero attached hydrogens (tertiary/aromatic N) is 1. The summed E-state index contributed by atoms with van der Waals surface area (Å²) in [4.78, 5) is 38.0. The van der Waals surface area contributed by atoms with Crippen LogP contribution in [0.2, 0.25) is 10.0 Å². The van der Waals surface area contributed by atoms with Crippen molar-refractivity contribution >= 4 is 46.6 Å². The SMILES string of the molecule is CN(CC(=O)Nc1c(Cl)cccc1Cl)C(=O)CNC(=O)c1ccc(C(C)(C)C)cc1. The summed E-state index contributed by atoms with van der Waals surface area (Å²) >= 11 is 12.0. The van der Waals surface area contributed by atoms with E-state index in [1.807, 2.05) is 12.1 Å². The molecule has 0 saturated carbocycles. The molecule has 160 valence electrons. The number of anilines is 1. The van der Waals surface area contributed by atoms with Crippen LogP contribution in [-0.4, -0.2) is 42.8 Å². The van der Waals surface area contributed by atoms with E-state index in [4.69, 9.17) is 23.2 Å². The van der Waals surface area contributed by atoms with Crippen molar-refractivity contribution in [3.05, 3.63) is 63.6 Å². The summed E-state index contributed by atoms with van der Waals surface area (Å²) in [5.74, 6) is -1.22. The van der Waals surface area contributed by atoms with Gasteiger partial charge in [0.1, 0.15) is 0 Å². The zero-order chi connectivity index (χ0) is 22.5. The monoisotopic (exact) mass is 449 g/mol. The minimum atomic E-state index is -0.454. The topological polar surface area (TPSA) is 78.5 Å². The van der Waals surface area contributed by atoms with Gasteiger partial charge in [-0.3, -0.25) is 14.4 Å². The van der Waals surface area contributed by atoms with E-state index < -0.39 is 11.8 Å². The van der Waals surface area contributed by atoms with Crippen molar-refractivity contribution in [1.29, 1.82) is 0 Å². The van der Waals surface area contributed by atoms with Crippen LogP contribution in [0.3, 0.4) is 0 Å². The molecule has 2 aromatic rings. The van der Waals surface area contributed by atoms with Gasteiger partial charge in [0.05, 0.1) is 28.8 Å². The second kappa shape index (κ2) is 9.96. The highest BCUT2D eigenvalue weighted by atomic mass is 35.5. The molecule has 0 saturated heterocycles. The molecule has 0 unspecified atom stereocenters. The number of para-hydroxylation sites is 1. The quantitative estimate of drug-likeness (QED) is 0.695. The van der Waals surface area contributed by atoms with Crippen molar-refractivity contribution in [2.75, 3.05) is 25.5 Å². The van der Waals surface area contributed by atoms with E-state index in [1.165, 1.54) is 11.9 Å². The largest absolute Gasteiger partial charge is 0.343 e. The molecule has 2 N–H and O–H groups in total. The molecule has 0 aliphatic heterocycles. The molecule has 8 heteroatoms. The zero-order valence-electron chi connectivity index (χ0n) is 17.4. The van der Waals surface area contributed by atoms with Gasteiger partial charge in [0.15, 0.2) is 0 Å². The molecule has 0 fully saturated rings. The normalized spacial score (nSPS) is 11.0. The van der Waals surface area contributed by atoms with Gasteiger partial charge in [-0.1, -0.05) is 62.2 Å². The van der Waals surface area contributed by atoms with E-state index in [0.29, 0.717) is 21.3 Å². The van der Waals surface area contributed by atoms with E-state index in [2.05, 4.69) is 31.4 Å². The first-order valence-electron chi connectivity index (χ1n) is 9.35. The number of hydrogen-bond donors (Lipinski definition) is 2. The summed E-state index contributed by atoms with van der Waals surface area (Å²) in [7, 11) is 1.47. The Balaban J connectivity index is 1.86. The number of benzene rings is 2. The molecule has 0 atom stereocenters. The third-order valence-corrected chi connectivity index (χ3v) is 5.08. The summed E-state index contributed by atoms with van der Waals surface area (Å²) in [6, 6.07) is 12.1. The van der Waals surface area contributed by atoms with Crippen LogP contribution < -0.4 is 10.6 Å². The predicted octanol–water partition coefficient (Wildman–Crippen LogP) is 4.12. The molecule has 6 nitrogen and oxygen atoms in total. The maximum absolute atomic E-state index is 12.3. The van der Waals surface area contributed by atoms with Gasteiger partial charge in [-0.25, -0.2) is 0 Å². The van der Waals surface area contributed by atoms with Crippen LogP contribution in [0.4, 0.5) is 5.69 Å². The number of carbonyl (C=O) groups is 3. The standard InChI is InChI=1S/C22H25Cl2N3O3/c1-22(2,3)15-10-8-14(9-11-15)21(30)25-12-19(29)27(4)13-18(28)26-20-16(23)6-5-7-17(20)24/h5-11H,12-13H2,1-4H3,(H,25,30)(H,26,28). The minimum absolute atomic E-state index is 0.0114. The molecule has 3 amide bonds. The predicted molar refractivity (Wildman–Crippen MR) is 120 cm³/mol.